The number of rotatable bonds is 6. The quantitative estimate of drug-likeness (QED) is 0.596. The number of nitrogens with one attached hydrogen (secondary N) is 3. The lowest BCUT2D eigenvalue weighted by molar-refractivity contribution is -0.858. The lowest BCUT2D eigenvalue weighted by Crippen LogP contribution is -3.05. The molecule has 0 bridgehead atoms. The molecule has 0 spiro atoms. The van der Waals surface area contributed by atoms with E-state index in [1.54, 1.807) is 31.3 Å². The van der Waals surface area contributed by atoms with Crippen molar-refractivity contribution in [3.8, 4) is 0 Å². The summed E-state index contributed by atoms with van der Waals surface area (Å²) in [7, 11) is 5.99. The van der Waals surface area contributed by atoms with Crippen LogP contribution in [0.5, 0.6) is 0 Å². The van der Waals surface area contributed by atoms with Crippen molar-refractivity contribution in [2.75, 3.05) is 44.9 Å². The van der Waals surface area contributed by atoms with Gasteiger partial charge in [-0.15, -0.1) is 0 Å². The van der Waals surface area contributed by atoms with Crippen molar-refractivity contribution in [2.24, 2.45) is 0 Å². The summed E-state index contributed by atoms with van der Waals surface area (Å²) in [5, 5.41) is 6.39. The highest BCUT2D eigenvalue weighted by atomic mass is 16.1. The second kappa shape index (κ2) is 7.07. The minimum Gasteiger partial charge on any atom is -0.388 e. The molecule has 1 aliphatic carbocycles. The van der Waals surface area contributed by atoms with Crippen LogP contribution in [-0.2, 0) is 0 Å². The van der Waals surface area contributed by atoms with E-state index >= 15 is 0 Å². The highest BCUT2D eigenvalue weighted by Crippen LogP contribution is 2.36. The van der Waals surface area contributed by atoms with Crippen LogP contribution in [0.25, 0.3) is 0 Å². The fourth-order valence-electron chi connectivity index (χ4n) is 3.24. The van der Waals surface area contributed by atoms with Crippen LogP contribution >= 0.6 is 0 Å². The van der Waals surface area contributed by atoms with E-state index in [0.29, 0.717) is 27.9 Å². The van der Waals surface area contributed by atoms with E-state index in [2.05, 4.69) is 24.7 Å². The van der Waals surface area contributed by atoms with Gasteiger partial charge in [-0.25, -0.2) is 0 Å². The Balaban J connectivity index is 2.01. The third-order valence-electron chi connectivity index (χ3n) is 4.51. The number of fused-ring (bicyclic) bond motifs is 2. The Morgan fingerprint density at radius 3 is 2.00 bits per heavy atom. The molecule has 3 N–H and O–H groups in total. The van der Waals surface area contributed by atoms with Gasteiger partial charge in [0.05, 0.1) is 31.8 Å². The Kier molecular flexibility index (Phi) is 4.86. The first-order chi connectivity index (χ1) is 12.0. The average Bonchev–Trinajstić information content (AvgIpc) is 2.62. The summed E-state index contributed by atoms with van der Waals surface area (Å²) in [6.45, 7) is 1.80. The molecule has 0 unspecified atom stereocenters. The number of hydrogen-bond donors (Lipinski definition) is 3. The van der Waals surface area contributed by atoms with Gasteiger partial charge >= 0.3 is 0 Å². The molecule has 130 valence electrons. The van der Waals surface area contributed by atoms with Crippen LogP contribution in [0.3, 0.4) is 0 Å². The van der Waals surface area contributed by atoms with Gasteiger partial charge in [0.1, 0.15) is 0 Å². The molecule has 0 fully saturated rings. The van der Waals surface area contributed by atoms with E-state index in [1.807, 2.05) is 12.1 Å². The zero-order chi connectivity index (χ0) is 18.0. The van der Waals surface area contributed by atoms with Gasteiger partial charge in [0, 0.05) is 42.5 Å². The molecule has 25 heavy (non-hydrogen) atoms. The van der Waals surface area contributed by atoms with Crippen LogP contribution in [-0.4, -0.2) is 45.8 Å². The molecule has 0 heterocycles. The molecule has 2 aromatic carbocycles. The SMILES string of the molecule is CNc1ccc(NCCC[NH+](C)C)c2c1C(=O)c1ccccc1C2=O. The standard InChI is InChI=1S/C20H23N3O2/c1-21-15-9-10-16(22-11-6-12-23(2)3)18-17(15)19(24)13-7-4-5-8-14(13)20(18)25/h4-5,7-10,21-22H,6,11-12H2,1-3H3/p+1. The van der Waals surface area contributed by atoms with Crippen LogP contribution in [0.4, 0.5) is 11.4 Å². The van der Waals surface area contributed by atoms with Crippen LogP contribution in [0.15, 0.2) is 36.4 Å². The molecule has 5 heteroatoms. The molecule has 2 aromatic rings. The van der Waals surface area contributed by atoms with E-state index in [0.717, 1.165) is 25.2 Å². The molecule has 1 aliphatic rings. The van der Waals surface area contributed by atoms with Gasteiger partial charge in [-0.1, -0.05) is 24.3 Å². The Hall–Kier alpha value is -2.66. The van der Waals surface area contributed by atoms with Crippen molar-refractivity contribution in [1.29, 1.82) is 0 Å². The Morgan fingerprint density at radius 2 is 1.44 bits per heavy atom. The molecule has 5 nitrogen and oxygen atoms in total. The largest absolute Gasteiger partial charge is 0.388 e. The van der Waals surface area contributed by atoms with Gasteiger partial charge < -0.3 is 15.5 Å². The monoisotopic (exact) mass is 338 g/mol. The maximum Gasteiger partial charge on any atom is 0.196 e. The summed E-state index contributed by atoms with van der Waals surface area (Å²) in [5.74, 6) is -0.195. The van der Waals surface area contributed by atoms with E-state index in [9.17, 15) is 9.59 Å². The van der Waals surface area contributed by atoms with Crippen LogP contribution in [0.2, 0.25) is 0 Å². The molecule has 0 amide bonds. The van der Waals surface area contributed by atoms with Gasteiger partial charge in [-0.2, -0.15) is 0 Å². The Labute approximate surface area is 148 Å². The summed E-state index contributed by atoms with van der Waals surface area (Å²) >= 11 is 0. The van der Waals surface area contributed by atoms with Gasteiger partial charge in [-0.3, -0.25) is 9.59 Å². The number of anilines is 2. The van der Waals surface area contributed by atoms with Gasteiger partial charge in [0.15, 0.2) is 11.6 Å². The lowest BCUT2D eigenvalue weighted by Gasteiger charge is -2.23. The second-order valence-corrected chi connectivity index (χ2v) is 6.60. The summed E-state index contributed by atoms with van der Waals surface area (Å²) in [4.78, 5) is 27.4. The zero-order valence-corrected chi connectivity index (χ0v) is 14.9. The minimum atomic E-state index is -0.101. The Bertz CT molecular complexity index is 828. The summed E-state index contributed by atoms with van der Waals surface area (Å²) < 4.78 is 0. The first-order valence-electron chi connectivity index (χ1n) is 8.60. The molecular weight excluding hydrogens is 314 g/mol. The predicted octanol–water partition coefficient (Wildman–Crippen LogP) is 1.45. The molecule has 0 aromatic heterocycles. The fraction of sp³-hybridized carbons (Fsp3) is 0.300. The van der Waals surface area contributed by atoms with E-state index in [-0.39, 0.29) is 11.6 Å². The number of carbonyl (C=O) groups is 2. The second-order valence-electron chi connectivity index (χ2n) is 6.60. The summed E-state index contributed by atoms with van der Waals surface area (Å²) in [5.41, 5.74) is 3.32. The predicted molar refractivity (Wildman–Crippen MR) is 100 cm³/mol. The van der Waals surface area contributed by atoms with Crippen molar-refractivity contribution in [2.45, 2.75) is 6.42 Å². The van der Waals surface area contributed by atoms with E-state index < -0.39 is 0 Å². The zero-order valence-electron chi connectivity index (χ0n) is 14.9. The molecular formula is C20H24N3O2+. The normalized spacial score (nSPS) is 12.8. The van der Waals surface area contributed by atoms with Crippen molar-refractivity contribution < 1.29 is 14.5 Å². The number of quaternary nitrogens is 1. The third kappa shape index (κ3) is 3.15. The first-order valence-corrected chi connectivity index (χ1v) is 8.60. The van der Waals surface area contributed by atoms with Crippen LogP contribution in [0.1, 0.15) is 38.3 Å². The number of carbonyl (C=O) groups excluding carboxylic acids is 2. The van der Waals surface area contributed by atoms with Crippen molar-refractivity contribution in [3.63, 3.8) is 0 Å². The molecule has 0 saturated carbocycles. The number of hydrogen-bond acceptors (Lipinski definition) is 4. The highest BCUT2D eigenvalue weighted by molar-refractivity contribution is 6.31. The summed E-state index contributed by atoms with van der Waals surface area (Å²) in [6, 6.07) is 10.8. The van der Waals surface area contributed by atoms with Gasteiger partial charge in [0.25, 0.3) is 0 Å². The molecule has 0 aliphatic heterocycles. The minimum absolute atomic E-state index is 0.0944. The maximum absolute atomic E-state index is 13.1. The van der Waals surface area contributed by atoms with Gasteiger partial charge in [0.2, 0.25) is 0 Å². The van der Waals surface area contributed by atoms with Crippen molar-refractivity contribution in [1.82, 2.24) is 0 Å². The number of benzene rings is 2. The van der Waals surface area contributed by atoms with E-state index in [1.165, 1.54) is 4.90 Å². The number of ketones is 2. The van der Waals surface area contributed by atoms with Crippen LogP contribution < -0.4 is 15.5 Å². The average molecular weight is 338 g/mol. The molecule has 0 saturated heterocycles. The molecule has 3 rings (SSSR count). The van der Waals surface area contributed by atoms with E-state index in [4.69, 9.17) is 0 Å². The molecule has 0 atom stereocenters. The summed E-state index contributed by atoms with van der Waals surface area (Å²) in [6.07, 6.45) is 0.990. The first kappa shape index (κ1) is 17.2. The van der Waals surface area contributed by atoms with Crippen LogP contribution in [0, 0.1) is 0 Å². The third-order valence-corrected chi connectivity index (χ3v) is 4.51. The van der Waals surface area contributed by atoms with Crippen molar-refractivity contribution in [3.05, 3.63) is 58.7 Å². The van der Waals surface area contributed by atoms with Gasteiger partial charge in [-0.05, 0) is 12.1 Å². The topological polar surface area (TPSA) is 62.6 Å². The highest BCUT2D eigenvalue weighted by Gasteiger charge is 2.33. The van der Waals surface area contributed by atoms with Crippen molar-refractivity contribution >= 4 is 22.9 Å². The lowest BCUT2D eigenvalue weighted by atomic mass is 9.82. The molecule has 0 radical (unpaired) electrons. The fourth-order valence-corrected chi connectivity index (χ4v) is 3.24. The Morgan fingerprint density at radius 1 is 0.880 bits per heavy atom. The maximum atomic E-state index is 13.1. The smallest absolute Gasteiger partial charge is 0.196 e.